The van der Waals surface area contributed by atoms with Crippen LogP contribution in [-0.4, -0.2) is 12.7 Å². The van der Waals surface area contributed by atoms with Crippen LogP contribution in [0.3, 0.4) is 0 Å². The molecule has 0 radical (unpaired) electrons. The first-order chi connectivity index (χ1) is 12.1. The zero-order valence-corrected chi connectivity index (χ0v) is 15.3. The Morgan fingerprint density at radius 2 is 1.52 bits per heavy atom. The fraction of sp³-hybridized carbons (Fsp3) is 0.333. The first-order valence-corrected chi connectivity index (χ1v) is 9.25. The van der Waals surface area contributed by atoms with Crippen molar-refractivity contribution in [3.05, 3.63) is 69.4 Å². The summed E-state index contributed by atoms with van der Waals surface area (Å²) in [7, 11) is 1.87. The van der Waals surface area contributed by atoms with Gasteiger partial charge in [0, 0.05) is 13.0 Å². The molecule has 1 nitrogen and oxygen atoms in total. The molecule has 2 aliphatic rings. The lowest BCUT2D eigenvalue weighted by Crippen LogP contribution is -2.48. The van der Waals surface area contributed by atoms with Crippen LogP contribution in [0.15, 0.2) is 48.5 Å². The lowest BCUT2D eigenvalue weighted by atomic mass is 9.71. The minimum absolute atomic E-state index is 0.298. The van der Waals surface area contributed by atoms with Gasteiger partial charge in [-0.15, -0.1) is 0 Å². The van der Waals surface area contributed by atoms with Gasteiger partial charge in [-0.2, -0.15) is 0 Å². The molecule has 128 valence electrons. The minimum atomic E-state index is -0.298. The Labute approximate surface area is 149 Å². The van der Waals surface area contributed by atoms with Crippen LogP contribution < -0.4 is 20.9 Å². The molecule has 0 saturated heterocycles. The summed E-state index contributed by atoms with van der Waals surface area (Å²) >= 11 is 0. The van der Waals surface area contributed by atoms with Gasteiger partial charge in [0.1, 0.15) is 0 Å². The Morgan fingerprint density at radius 3 is 2.28 bits per heavy atom. The molecule has 2 aliphatic carbocycles. The molecule has 25 heavy (non-hydrogen) atoms. The molecule has 0 amide bonds. The molecule has 2 aromatic rings. The molecular weight excluding hydrogens is 304 g/mol. The maximum absolute atomic E-state index is 6.26. The van der Waals surface area contributed by atoms with Crippen LogP contribution in [0, 0.1) is 11.8 Å². The zero-order chi connectivity index (χ0) is 17.4. The molecule has 3 atom stereocenters. The predicted molar refractivity (Wildman–Crippen MR) is 105 cm³/mol. The normalized spacial score (nSPS) is 24.0. The van der Waals surface area contributed by atoms with Crippen molar-refractivity contribution in [2.45, 2.75) is 32.3 Å². The second-order valence-electron chi connectivity index (χ2n) is 7.49. The summed E-state index contributed by atoms with van der Waals surface area (Å²) in [4.78, 5) is 0. The van der Waals surface area contributed by atoms with Crippen LogP contribution in [-0.2, 0) is 4.74 Å². The van der Waals surface area contributed by atoms with Gasteiger partial charge in [0.15, 0.2) is 0 Å². The Bertz CT molecular complexity index is 1030. The number of hydrogen-bond acceptors (Lipinski definition) is 1. The third-order valence-electron chi connectivity index (χ3n) is 6.07. The van der Waals surface area contributed by atoms with Gasteiger partial charge in [-0.3, -0.25) is 0 Å². The van der Waals surface area contributed by atoms with E-state index in [1.807, 2.05) is 7.11 Å². The van der Waals surface area contributed by atoms with Gasteiger partial charge in [-0.05, 0) is 52.1 Å². The topological polar surface area (TPSA) is 9.23 Å². The Balaban J connectivity index is 1.93. The highest BCUT2D eigenvalue weighted by molar-refractivity contribution is 5.64. The molecular formula is C24H26O. The van der Waals surface area contributed by atoms with Crippen LogP contribution in [0.2, 0.25) is 0 Å². The maximum Gasteiger partial charge on any atom is 0.0936 e. The van der Waals surface area contributed by atoms with E-state index in [2.05, 4.69) is 80.6 Å². The Kier molecular flexibility index (Phi) is 4.13. The highest BCUT2D eigenvalue weighted by Gasteiger charge is 2.39. The third-order valence-corrected chi connectivity index (χ3v) is 6.07. The van der Waals surface area contributed by atoms with Crippen LogP contribution >= 0.6 is 0 Å². The molecule has 0 aliphatic heterocycles. The van der Waals surface area contributed by atoms with E-state index in [1.54, 1.807) is 0 Å². The second kappa shape index (κ2) is 6.31. The van der Waals surface area contributed by atoms with E-state index in [0.717, 1.165) is 12.8 Å². The van der Waals surface area contributed by atoms with E-state index in [0.29, 0.717) is 11.8 Å². The fourth-order valence-electron chi connectivity index (χ4n) is 4.60. The minimum Gasteiger partial charge on any atom is -0.373 e. The van der Waals surface area contributed by atoms with Crippen LogP contribution in [0.25, 0.3) is 23.8 Å². The van der Waals surface area contributed by atoms with Gasteiger partial charge in [0.25, 0.3) is 0 Å². The van der Waals surface area contributed by atoms with Crippen molar-refractivity contribution < 1.29 is 4.74 Å². The zero-order valence-electron chi connectivity index (χ0n) is 15.3. The van der Waals surface area contributed by atoms with Crippen molar-refractivity contribution in [1.82, 2.24) is 0 Å². The number of methoxy groups -OCH3 is 1. The summed E-state index contributed by atoms with van der Waals surface area (Å²) in [6.07, 6.45) is 9.25. The number of rotatable bonds is 3. The fourth-order valence-corrected chi connectivity index (χ4v) is 4.60. The van der Waals surface area contributed by atoms with Gasteiger partial charge < -0.3 is 4.74 Å². The van der Waals surface area contributed by atoms with Crippen LogP contribution in [0.5, 0.6) is 0 Å². The van der Waals surface area contributed by atoms with Crippen molar-refractivity contribution in [2.24, 2.45) is 11.8 Å². The maximum atomic E-state index is 6.26. The molecule has 0 saturated carbocycles. The Hall–Kier alpha value is -2.12. The van der Waals surface area contributed by atoms with Gasteiger partial charge in [0.2, 0.25) is 0 Å². The summed E-state index contributed by atoms with van der Waals surface area (Å²) in [5.41, 5.74) is 1.15. The summed E-state index contributed by atoms with van der Waals surface area (Å²) in [5.74, 6) is 0.835. The first-order valence-electron chi connectivity index (χ1n) is 9.25. The SMILES string of the molecule is COC(C)(C1=c2ccccc2=CCC1C)C1C=c2ccccc2=CC1. The molecule has 0 aromatic heterocycles. The average molecular weight is 330 g/mol. The molecule has 1 heteroatoms. The molecule has 2 aromatic carbocycles. The van der Waals surface area contributed by atoms with E-state index in [-0.39, 0.29) is 5.60 Å². The number of hydrogen-bond donors (Lipinski definition) is 0. The van der Waals surface area contributed by atoms with Crippen molar-refractivity contribution >= 4 is 23.8 Å². The largest absolute Gasteiger partial charge is 0.373 e. The highest BCUT2D eigenvalue weighted by atomic mass is 16.5. The molecule has 0 fully saturated rings. The summed E-state index contributed by atoms with van der Waals surface area (Å²) in [5, 5.41) is 5.37. The lowest BCUT2D eigenvalue weighted by molar-refractivity contribution is 0.0226. The van der Waals surface area contributed by atoms with Gasteiger partial charge >= 0.3 is 0 Å². The second-order valence-corrected chi connectivity index (χ2v) is 7.49. The van der Waals surface area contributed by atoms with Crippen molar-refractivity contribution in [3.8, 4) is 0 Å². The third kappa shape index (κ3) is 2.67. The summed E-state index contributed by atoms with van der Waals surface area (Å²) in [6, 6.07) is 17.4. The number of ether oxygens (including phenoxy) is 1. The number of benzene rings is 2. The summed E-state index contributed by atoms with van der Waals surface area (Å²) in [6.45, 7) is 4.61. The van der Waals surface area contributed by atoms with Crippen molar-refractivity contribution in [2.75, 3.05) is 7.11 Å². The average Bonchev–Trinajstić information content (AvgIpc) is 2.67. The molecule has 0 heterocycles. The van der Waals surface area contributed by atoms with Crippen LogP contribution in [0.4, 0.5) is 0 Å². The quantitative estimate of drug-likeness (QED) is 0.839. The van der Waals surface area contributed by atoms with E-state index in [9.17, 15) is 0 Å². The predicted octanol–water partition coefficient (Wildman–Crippen LogP) is 2.34. The van der Waals surface area contributed by atoms with Crippen molar-refractivity contribution in [3.63, 3.8) is 0 Å². The first kappa shape index (κ1) is 16.4. The lowest BCUT2D eigenvalue weighted by Gasteiger charge is -2.41. The Morgan fingerprint density at radius 1 is 0.880 bits per heavy atom. The molecule has 4 rings (SSSR count). The summed E-state index contributed by atoms with van der Waals surface area (Å²) < 4.78 is 6.26. The molecule has 0 spiro atoms. The molecule has 3 unspecified atom stereocenters. The molecule has 0 bridgehead atoms. The van der Waals surface area contributed by atoms with Gasteiger partial charge in [-0.25, -0.2) is 0 Å². The van der Waals surface area contributed by atoms with Crippen molar-refractivity contribution in [1.29, 1.82) is 0 Å². The van der Waals surface area contributed by atoms with Gasteiger partial charge in [0.05, 0.1) is 5.60 Å². The monoisotopic (exact) mass is 330 g/mol. The van der Waals surface area contributed by atoms with E-state index < -0.39 is 0 Å². The van der Waals surface area contributed by atoms with E-state index >= 15 is 0 Å². The highest BCUT2D eigenvalue weighted by Crippen LogP contribution is 2.39. The van der Waals surface area contributed by atoms with E-state index in [1.165, 1.54) is 26.4 Å². The molecule has 0 N–H and O–H groups in total. The van der Waals surface area contributed by atoms with Gasteiger partial charge in [-0.1, -0.05) is 73.7 Å². The smallest absolute Gasteiger partial charge is 0.0936 e. The van der Waals surface area contributed by atoms with Crippen LogP contribution in [0.1, 0.15) is 26.7 Å². The van der Waals surface area contributed by atoms with E-state index in [4.69, 9.17) is 4.74 Å². The standard InChI is InChI=1S/C24H26O/c1-17-12-13-19-9-6-7-11-22(19)23(17)24(2,25-3)21-15-14-18-8-4-5-10-20(18)16-21/h4-11,13-14,16-17,21H,12,15H2,1-3H3. The number of fused-ring (bicyclic) bond motifs is 2.